The predicted octanol–water partition coefficient (Wildman–Crippen LogP) is 7.52. The average molecular weight is 539 g/mol. The van der Waals surface area contributed by atoms with E-state index in [1.807, 2.05) is 48.5 Å². The molecular weight excluding hydrogens is 521 g/mol. The monoisotopic (exact) mass is 537 g/mol. The van der Waals surface area contributed by atoms with Gasteiger partial charge in [-0.15, -0.1) is 0 Å². The fourth-order valence-electron chi connectivity index (χ4n) is 3.74. The van der Waals surface area contributed by atoms with Crippen molar-refractivity contribution < 1.29 is 4.79 Å². The summed E-state index contributed by atoms with van der Waals surface area (Å²) in [6.45, 7) is 0. The molecular formula is C26H18BrCl2N3O. The fraction of sp³-hybridized carbons (Fsp3) is 0.115. The van der Waals surface area contributed by atoms with Gasteiger partial charge in [-0.2, -0.15) is 5.10 Å². The summed E-state index contributed by atoms with van der Waals surface area (Å²) in [6.07, 6.45) is 2.14. The van der Waals surface area contributed by atoms with Crippen LogP contribution in [0.4, 0.5) is 0 Å². The maximum Gasteiger partial charge on any atom is 0.272 e. The zero-order valence-corrected chi connectivity index (χ0v) is 20.5. The number of hydrogen-bond acceptors (Lipinski definition) is 3. The zero-order chi connectivity index (χ0) is 22.9. The highest BCUT2D eigenvalue weighted by Gasteiger charge is 2.29. The van der Waals surface area contributed by atoms with Crippen LogP contribution in [0, 0.1) is 5.92 Å². The van der Waals surface area contributed by atoms with E-state index in [-0.39, 0.29) is 5.91 Å². The van der Waals surface area contributed by atoms with Gasteiger partial charge in [0, 0.05) is 26.4 Å². The normalized spacial score (nSPS) is 13.8. The van der Waals surface area contributed by atoms with Crippen molar-refractivity contribution in [2.45, 2.75) is 12.8 Å². The van der Waals surface area contributed by atoms with Gasteiger partial charge in [-0.1, -0.05) is 69.5 Å². The van der Waals surface area contributed by atoms with Gasteiger partial charge in [-0.25, -0.2) is 10.4 Å². The molecule has 1 amide bonds. The number of pyridine rings is 1. The van der Waals surface area contributed by atoms with E-state index in [0.29, 0.717) is 38.3 Å². The lowest BCUT2D eigenvalue weighted by molar-refractivity contribution is 0.0956. The molecule has 3 aromatic carbocycles. The van der Waals surface area contributed by atoms with Gasteiger partial charge in [0.2, 0.25) is 0 Å². The van der Waals surface area contributed by atoms with E-state index in [4.69, 9.17) is 28.2 Å². The number of fused-ring (bicyclic) bond motifs is 1. The third kappa shape index (κ3) is 4.81. The minimum Gasteiger partial charge on any atom is -0.267 e. The summed E-state index contributed by atoms with van der Waals surface area (Å²) in [5, 5.41) is 6.30. The van der Waals surface area contributed by atoms with E-state index < -0.39 is 0 Å². The SMILES string of the molecule is O=C(NN=C(c1ccc(Br)cc1)C1CC1)c1cc(-c2ccc(Cl)cc2Cl)nc2ccccc12. The quantitative estimate of drug-likeness (QED) is 0.211. The Morgan fingerprint density at radius 2 is 1.76 bits per heavy atom. The van der Waals surface area contributed by atoms with Crippen LogP contribution >= 0.6 is 39.1 Å². The predicted molar refractivity (Wildman–Crippen MR) is 138 cm³/mol. The lowest BCUT2D eigenvalue weighted by Gasteiger charge is -2.11. The lowest BCUT2D eigenvalue weighted by atomic mass is 10.0. The van der Waals surface area contributed by atoms with Gasteiger partial charge in [-0.3, -0.25) is 4.79 Å². The first-order valence-electron chi connectivity index (χ1n) is 10.5. The van der Waals surface area contributed by atoms with Gasteiger partial charge in [-0.05, 0) is 60.9 Å². The summed E-state index contributed by atoms with van der Waals surface area (Å²) >= 11 is 15.9. The fourth-order valence-corrected chi connectivity index (χ4v) is 4.51. The molecule has 7 heteroatoms. The van der Waals surface area contributed by atoms with Gasteiger partial charge in [0.25, 0.3) is 5.91 Å². The van der Waals surface area contributed by atoms with Gasteiger partial charge in [0.05, 0.1) is 27.5 Å². The van der Waals surface area contributed by atoms with Crippen molar-refractivity contribution in [3.05, 3.63) is 98.4 Å². The Morgan fingerprint density at radius 1 is 1.00 bits per heavy atom. The van der Waals surface area contributed by atoms with Gasteiger partial charge >= 0.3 is 0 Å². The number of hydrazone groups is 1. The number of nitrogens with one attached hydrogen (secondary N) is 1. The Morgan fingerprint density at radius 3 is 2.48 bits per heavy atom. The van der Waals surface area contributed by atoms with Gasteiger partial charge in [0.1, 0.15) is 0 Å². The summed E-state index contributed by atoms with van der Waals surface area (Å²) in [4.78, 5) is 18.0. The number of carbonyl (C=O) groups excluding carboxylic acids is 1. The smallest absolute Gasteiger partial charge is 0.267 e. The third-order valence-electron chi connectivity index (χ3n) is 5.55. The second-order valence-electron chi connectivity index (χ2n) is 7.92. The summed E-state index contributed by atoms with van der Waals surface area (Å²) in [6, 6.07) is 22.5. The molecule has 1 heterocycles. The topological polar surface area (TPSA) is 54.4 Å². The highest BCUT2D eigenvalue weighted by atomic mass is 79.9. The molecule has 4 aromatic rings. The van der Waals surface area contributed by atoms with E-state index >= 15 is 0 Å². The molecule has 1 aromatic heterocycles. The first-order chi connectivity index (χ1) is 16.0. The number of halogens is 3. The number of para-hydroxylation sites is 1. The lowest BCUT2D eigenvalue weighted by Crippen LogP contribution is -2.21. The largest absolute Gasteiger partial charge is 0.272 e. The molecule has 1 saturated carbocycles. The van der Waals surface area contributed by atoms with Crippen LogP contribution in [0.1, 0.15) is 28.8 Å². The van der Waals surface area contributed by atoms with E-state index in [1.165, 1.54) is 0 Å². The number of benzene rings is 3. The van der Waals surface area contributed by atoms with Crippen LogP contribution in [0.15, 0.2) is 82.4 Å². The second kappa shape index (κ2) is 9.26. The number of rotatable bonds is 5. The highest BCUT2D eigenvalue weighted by molar-refractivity contribution is 9.10. The molecule has 0 radical (unpaired) electrons. The second-order valence-corrected chi connectivity index (χ2v) is 9.67. The van der Waals surface area contributed by atoms with Gasteiger partial charge < -0.3 is 0 Å². The molecule has 0 spiro atoms. The number of aromatic nitrogens is 1. The van der Waals surface area contributed by atoms with E-state index in [1.54, 1.807) is 24.3 Å². The first-order valence-corrected chi connectivity index (χ1v) is 12.0. The van der Waals surface area contributed by atoms with Crippen LogP contribution in [0.3, 0.4) is 0 Å². The maximum absolute atomic E-state index is 13.3. The third-order valence-corrected chi connectivity index (χ3v) is 6.63. The highest BCUT2D eigenvalue weighted by Crippen LogP contribution is 2.34. The molecule has 1 N–H and O–H groups in total. The van der Waals surface area contributed by atoms with Crippen molar-refractivity contribution in [2.75, 3.05) is 0 Å². The molecule has 0 aliphatic heterocycles. The molecule has 0 unspecified atom stereocenters. The molecule has 4 nitrogen and oxygen atoms in total. The Kier molecular flexibility index (Phi) is 6.19. The standard InChI is InChI=1S/C26H18BrCl2N3O/c27-17-9-7-16(8-10-17)25(15-5-6-15)31-32-26(33)21-14-24(20-12-11-18(28)13-22(20)29)30-23-4-2-1-3-19(21)23/h1-4,7-15H,5-6H2,(H,32,33). The van der Waals surface area contributed by atoms with Crippen LogP contribution in [0.2, 0.25) is 10.0 Å². The Labute approximate surface area is 209 Å². The molecule has 0 saturated heterocycles. The molecule has 33 heavy (non-hydrogen) atoms. The van der Waals surface area contributed by atoms with Crippen molar-refractivity contribution >= 4 is 61.7 Å². The summed E-state index contributed by atoms with van der Waals surface area (Å²) in [5.74, 6) is 0.0688. The van der Waals surface area contributed by atoms with Gasteiger partial charge in [0.15, 0.2) is 0 Å². The minimum atomic E-state index is -0.296. The molecule has 1 aliphatic carbocycles. The summed E-state index contributed by atoms with van der Waals surface area (Å²) in [7, 11) is 0. The summed E-state index contributed by atoms with van der Waals surface area (Å²) in [5.41, 5.74) is 7.18. The Hall–Kier alpha value is -2.73. The minimum absolute atomic E-state index is 0.296. The Balaban J connectivity index is 1.53. The molecule has 0 atom stereocenters. The van der Waals surface area contributed by atoms with Crippen LogP contribution in [-0.4, -0.2) is 16.6 Å². The van der Waals surface area contributed by atoms with Crippen molar-refractivity contribution in [3.8, 4) is 11.3 Å². The van der Waals surface area contributed by atoms with Crippen molar-refractivity contribution in [3.63, 3.8) is 0 Å². The van der Waals surface area contributed by atoms with Crippen molar-refractivity contribution in [1.29, 1.82) is 0 Å². The molecule has 5 rings (SSSR count). The van der Waals surface area contributed by atoms with E-state index in [2.05, 4.69) is 26.5 Å². The number of carbonyl (C=O) groups is 1. The van der Waals surface area contributed by atoms with Crippen molar-refractivity contribution in [1.82, 2.24) is 10.4 Å². The summed E-state index contributed by atoms with van der Waals surface area (Å²) < 4.78 is 1.00. The molecule has 164 valence electrons. The molecule has 1 aliphatic rings. The average Bonchev–Trinajstić information content (AvgIpc) is 3.65. The van der Waals surface area contributed by atoms with Crippen molar-refractivity contribution in [2.24, 2.45) is 11.0 Å². The number of hydrogen-bond donors (Lipinski definition) is 1. The number of amides is 1. The van der Waals surface area contributed by atoms with Crippen LogP contribution < -0.4 is 5.43 Å². The molecule has 1 fully saturated rings. The molecule has 0 bridgehead atoms. The van der Waals surface area contributed by atoms with Crippen LogP contribution in [0.25, 0.3) is 22.2 Å². The van der Waals surface area contributed by atoms with E-state index in [0.717, 1.165) is 34.0 Å². The zero-order valence-electron chi connectivity index (χ0n) is 17.4. The van der Waals surface area contributed by atoms with E-state index in [9.17, 15) is 4.79 Å². The number of nitrogens with zero attached hydrogens (tertiary/aromatic N) is 2. The van der Waals surface area contributed by atoms with Crippen LogP contribution in [-0.2, 0) is 0 Å². The first kappa shape index (κ1) is 22.1. The maximum atomic E-state index is 13.3. The van der Waals surface area contributed by atoms with Crippen LogP contribution in [0.5, 0.6) is 0 Å². The Bertz CT molecular complexity index is 1400.